The van der Waals surface area contributed by atoms with Crippen LogP contribution in [0.3, 0.4) is 0 Å². The van der Waals surface area contributed by atoms with Crippen molar-refractivity contribution in [2.24, 2.45) is 0 Å². The second kappa shape index (κ2) is 4.57. The standard InChI is InChI=1S/C9H10FNO3/c1-13-5-14-9(12)7-4-6(11)2-3-8(7)10/h2-4H,5,11H2,1H3. The van der Waals surface area contributed by atoms with Gasteiger partial charge in [0.2, 0.25) is 0 Å². The van der Waals surface area contributed by atoms with E-state index in [1.165, 1.54) is 19.2 Å². The molecular formula is C9H10FNO3. The third-order valence-corrected chi connectivity index (χ3v) is 1.52. The van der Waals surface area contributed by atoms with Crippen LogP contribution in [0.2, 0.25) is 0 Å². The van der Waals surface area contributed by atoms with Crippen LogP contribution in [-0.2, 0) is 9.47 Å². The molecule has 0 saturated carbocycles. The third kappa shape index (κ3) is 2.43. The number of hydrogen-bond donors (Lipinski definition) is 1. The van der Waals surface area contributed by atoms with E-state index in [-0.39, 0.29) is 12.4 Å². The molecule has 0 fully saturated rings. The summed E-state index contributed by atoms with van der Waals surface area (Å²) in [6, 6.07) is 3.69. The van der Waals surface area contributed by atoms with Crippen molar-refractivity contribution in [1.29, 1.82) is 0 Å². The molecule has 0 aliphatic heterocycles. The maximum absolute atomic E-state index is 13.1. The van der Waals surface area contributed by atoms with Crippen molar-refractivity contribution in [3.8, 4) is 0 Å². The van der Waals surface area contributed by atoms with E-state index in [9.17, 15) is 9.18 Å². The minimum absolute atomic E-state index is 0.193. The predicted octanol–water partition coefficient (Wildman–Crippen LogP) is 1.17. The molecule has 1 rings (SSSR count). The molecule has 0 aliphatic carbocycles. The second-order valence-electron chi connectivity index (χ2n) is 2.58. The summed E-state index contributed by atoms with van der Waals surface area (Å²) in [4.78, 5) is 11.2. The van der Waals surface area contributed by atoms with E-state index in [2.05, 4.69) is 9.47 Å². The quantitative estimate of drug-likeness (QED) is 0.451. The molecule has 5 heteroatoms. The van der Waals surface area contributed by atoms with Crippen LogP contribution in [0.4, 0.5) is 10.1 Å². The molecule has 0 heterocycles. The first-order valence-corrected chi connectivity index (χ1v) is 3.86. The van der Waals surface area contributed by atoms with Crippen molar-refractivity contribution in [3.05, 3.63) is 29.6 Å². The average molecular weight is 199 g/mol. The molecule has 0 bridgehead atoms. The molecule has 0 atom stereocenters. The Balaban J connectivity index is 2.83. The maximum atomic E-state index is 13.1. The number of halogens is 1. The highest BCUT2D eigenvalue weighted by Crippen LogP contribution is 2.12. The highest BCUT2D eigenvalue weighted by atomic mass is 19.1. The molecule has 2 N–H and O–H groups in total. The number of esters is 1. The van der Waals surface area contributed by atoms with E-state index in [1.807, 2.05) is 0 Å². The van der Waals surface area contributed by atoms with Crippen LogP contribution in [0.25, 0.3) is 0 Å². The first kappa shape index (κ1) is 10.5. The van der Waals surface area contributed by atoms with Crippen molar-refractivity contribution < 1.29 is 18.7 Å². The van der Waals surface area contributed by atoms with Gasteiger partial charge in [-0.3, -0.25) is 0 Å². The Morgan fingerprint density at radius 1 is 1.57 bits per heavy atom. The van der Waals surface area contributed by atoms with E-state index < -0.39 is 11.8 Å². The number of methoxy groups -OCH3 is 1. The fourth-order valence-electron chi connectivity index (χ4n) is 0.890. The van der Waals surface area contributed by atoms with E-state index in [0.717, 1.165) is 6.07 Å². The van der Waals surface area contributed by atoms with Gasteiger partial charge in [0.15, 0.2) is 6.79 Å². The molecule has 14 heavy (non-hydrogen) atoms. The van der Waals surface area contributed by atoms with Crippen molar-refractivity contribution in [1.82, 2.24) is 0 Å². The Morgan fingerprint density at radius 2 is 2.29 bits per heavy atom. The van der Waals surface area contributed by atoms with E-state index in [1.54, 1.807) is 0 Å². The number of benzene rings is 1. The van der Waals surface area contributed by atoms with Crippen LogP contribution >= 0.6 is 0 Å². The number of carbonyl (C=O) groups excluding carboxylic acids is 1. The van der Waals surface area contributed by atoms with E-state index in [4.69, 9.17) is 5.73 Å². The number of carbonyl (C=O) groups is 1. The fourth-order valence-corrected chi connectivity index (χ4v) is 0.890. The van der Waals surface area contributed by atoms with Crippen LogP contribution < -0.4 is 5.73 Å². The lowest BCUT2D eigenvalue weighted by Crippen LogP contribution is -2.09. The predicted molar refractivity (Wildman–Crippen MR) is 48.1 cm³/mol. The summed E-state index contributed by atoms with van der Waals surface area (Å²) < 4.78 is 22.1. The summed E-state index contributed by atoms with van der Waals surface area (Å²) in [6.07, 6.45) is 0. The van der Waals surface area contributed by atoms with Gasteiger partial charge in [-0.05, 0) is 18.2 Å². The van der Waals surface area contributed by atoms with Gasteiger partial charge in [0.25, 0.3) is 0 Å². The van der Waals surface area contributed by atoms with E-state index in [0.29, 0.717) is 5.69 Å². The maximum Gasteiger partial charge on any atom is 0.343 e. The zero-order valence-corrected chi connectivity index (χ0v) is 7.62. The van der Waals surface area contributed by atoms with Gasteiger partial charge < -0.3 is 15.2 Å². The van der Waals surface area contributed by atoms with Gasteiger partial charge in [0.1, 0.15) is 5.82 Å². The highest BCUT2D eigenvalue weighted by Gasteiger charge is 2.12. The molecule has 0 unspecified atom stereocenters. The van der Waals surface area contributed by atoms with Crippen molar-refractivity contribution >= 4 is 11.7 Å². The third-order valence-electron chi connectivity index (χ3n) is 1.52. The molecule has 1 aromatic carbocycles. The van der Waals surface area contributed by atoms with Gasteiger partial charge in [-0.25, -0.2) is 9.18 Å². The average Bonchev–Trinajstić information content (AvgIpc) is 2.18. The first-order valence-electron chi connectivity index (χ1n) is 3.86. The minimum atomic E-state index is -0.795. The lowest BCUT2D eigenvalue weighted by Gasteiger charge is -2.04. The number of nitrogen functional groups attached to an aromatic ring is 1. The summed E-state index contributed by atoms with van der Waals surface area (Å²) in [7, 11) is 1.36. The Hall–Kier alpha value is -1.62. The number of ether oxygens (including phenoxy) is 2. The molecule has 0 amide bonds. The van der Waals surface area contributed by atoms with Crippen molar-refractivity contribution in [2.75, 3.05) is 19.6 Å². The molecular weight excluding hydrogens is 189 g/mol. The molecule has 4 nitrogen and oxygen atoms in total. The van der Waals surface area contributed by atoms with Gasteiger partial charge >= 0.3 is 5.97 Å². The summed E-state index contributed by atoms with van der Waals surface area (Å²) in [6.45, 7) is -0.215. The normalized spacial score (nSPS) is 9.86. The minimum Gasteiger partial charge on any atom is -0.435 e. The topological polar surface area (TPSA) is 61.5 Å². The van der Waals surface area contributed by atoms with Gasteiger partial charge in [-0.1, -0.05) is 0 Å². The highest BCUT2D eigenvalue weighted by molar-refractivity contribution is 5.90. The zero-order valence-electron chi connectivity index (χ0n) is 7.62. The van der Waals surface area contributed by atoms with Crippen LogP contribution in [0, 0.1) is 5.82 Å². The monoisotopic (exact) mass is 199 g/mol. The van der Waals surface area contributed by atoms with Gasteiger partial charge in [-0.2, -0.15) is 0 Å². The van der Waals surface area contributed by atoms with Crippen LogP contribution in [0.15, 0.2) is 18.2 Å². The Morgan fingerprint density at radius 3 is 2.93 bits per heavy atom. The number of nitrogens with two attached hydrogens (primary N) is 1. The van der Waals surface area contributed by atoms with Gasteiger partial charge in [0.05, 0.1) is 5.56 Å². The van der Waals surface area contributed by atoms with Gasteiger partial charge in [-0.15, -0.1) is 0 Å². The molecule has 76 valence electrons. The molecule has 0 aromatic heterocycles. The van der Waals surface area contributed by atoms with Crippen molar-refractivity contribution in [3.63, 3.8) is 0 Å². The summed E-state index contributed by atoms with van der Waals surface area (Å²) in [5, 5.41) is 0. The van der Waals surface area contributed by atoms with Crippen LogP contribution in [0.1, 0.15) is 10.4 Å². The second-order valence-corrected chi connectivity index (χ2v) is 2.58. The summed E-state index contributed by atoms with van der Waals surface area (Å²) in [5.41, 5.74) is 5.50. The van der Waals surface area contributed by atoms with Crippen LogP contribution in [-0.4, -0.2) is 19.9 Å². The Labute approximate surface area is 80.4 Å². The summed E-state index contributed by atoms with van der Waals surface area (Å²) >= 11 is 0. The molecule has 0 saturated heterocycles. The zero-order chi connectivity index (χ0) is 10.6. The number of hydrogen-bond acceptors (Lipinski definition) is 4. The number of rotatable bonds is 3. The molecule has 1 aromatic rings. The van der Waals surface area contributed by atoms with Crippen LogP contribution in [0.5, 0.6) is 0 Å². The SMILES string of the molecule is COCOC(=O)c1cc(N)ccc1F. The lowest BCUT2D eigenvalue weighted by atomic mass is 10.2. The Bertz CT molecular complexity index is 341. The molecule has 0 spiro atoms. The number of anilines is 1. The fraction of sp³-hybridized carbons (Fsp3) is 0.222. The smallest absolute Gasteiger partial charge is 0.343 e. The van der Waals surface area contributed by atoms with Gasteiger partial charge in [0, 0.05) is 12.8 Å². The Kier molecular flexibility index (Phi) is 3.41. The molecule has 0 radical (unpaired) electrons. The van der Waals surface area contributed by atoms with E-state index >= 15 is 0 Å². The summed E-state index contributed by atoms with van der Waals surface area (Å²) in [5.74, 6) is -1.46. The largest absolute Gasteiger partial charge is 0.435 e. The first-order chi connectivity index (χ1) is 6.65. The molecule has 0 aliphatic rings. The lowest BCUT2D eigenvalue weighted by molar-refractivity contribution is -0.0128. The van der Waals surface area contributed by atoms with Crippen molar-refractivity contribution in [2.45, 2.75) is 0 Å².